The lowest BCUT2D eigenvalue weighted by Crippen LogP contribution is -2.00. The van der Waals surface area contributed by atoms with Crippen LogP contribution in [-0.2, 0) is 0 Å². The van der Waals surface area contributed by atoms with Crippen LogP contribution in [0.25, 0.3) is 16.7 Å². The summed E-state index contributed by atoms with van der Waals surface area (Å²) in [5, 5.41) is 7.71. The number of hydrogen-bond donors (Lipinski definition) is 1. The molecule has 0 aliphatic heterocycles. The molecular formula is C22H23N. The molecule has 1 heteroatoms. The minimum atomic E-state index is 0.447. The molecule has 0 saturated carbocycles. The predicted octanol–water partition coefficient (Wildman–Crippen LogP) is 6.11. The average Bonchev–Trinajstić information content (AvgIpc) is 2.78. The summed E-state index contributed by atoms with van der Waals surface area (Å²) >= 11 is 0. The standard InChI is InChI=1S/C22H23N/c1-14-15(2)17(4)22(16(14)3)21-12-8-7-11-20(21)19-10-6-5-9-18(19)13-23/h5-13,16,23H,1-4H3. The fourth-order valence-electron chi connectivity index (χ4n) is 3.62. The number of allylic oxidation sites excluding steroid dienone is 4. The Balaban J connectivity index is 2.24. The van der Waals surface area contributed by atoms with Gasteiger partial charge in [0.25, 0.3) is 0 Å². The Morgan fingerprint density at radius 3 is 1.91 bits per heavy atom. The highest BCUT2D eigenvalue weighted by atomic mass is 14.3. The monoisotopic (exact) mass is 301 g/mol. The van der Waals surface area contributed by atoms with E-state index in [1.54, 1.807) is 0 Å². The van der Waals surface area contributed by atoms with Gasteiger partial charge in [0, 0.05) is 12.1 Å². The predicted molar refractivity (Wildman–Crippen MR) is 99.9 cm³/mol. The van der Waals surface area contributed by atoms with Crippen molar-refractivity contribution in [3.05, 3.63) is 76.4 Å². The minimum Gasteiger partial charge on any atom is -0.308 e. The maximum Gasteiger partial charge on any atom is 0.0256 e. The van der Waals surface area contributed by atoms with Gasteiger partial charge in [-0.3, -0.25) is 0 Å². The molecule has 0 bridgehead atoms. The van der Waals surface area contributed by atoms with Crippen LogP contribution >= 0.6 is 0 Å². The van der Waals surface area contributed by atoms with Crippen molar-refractivity contribution < 1.29 is 0 Å². The highest BCUT2D eigenvalue weighted by Crippen LogP contribution is 2.45. The topological polar surface area (TPSA) is 23.9 Å². The van der Waals surface area contributed by atoms with Gasteiger partial charge >= 0.3 is 0 Å². The molecule has 1 N–H and O–H groups in total. The lowest BCUT2D eigenvalue weighted by atomic mass is 9.86. The molecule has 3 rings (SSSR count). The number of hydrogen-bond acceptors (Lipinski definition) is 1. The minimum absolute atomic E-state index is 0.447. The third kappa shape index (κ3) is 2.46. The first-order valence-corrected chi connectivity index (χ1v) is 8.14. The second-order valence-corrected chi connectivity index (χ2v) is 6.35. The van der Waals surface area contributed by atoms with E-state index in [1.807, 2.05) is 18.2 Å². The zero-order chi connectivity index (χ0) is 16.6. The molecule has 116 valence electrons. The van der Waals surface area contributed by atoms with Gasteiger partial charge in [-0.1, -0.05) is 61.0 Å². The quantitative estimate of drug-likeness (QED) is 0.661. The summed E-state index contributed by atoms with van der Waals surface area (Å²) in [4.78, 5) is 0. The van der Waals surface area contributed by atoms with Crippen LogP contribution in [0.4, 0.5) is 0 Å². The molecule has 0 aromatic heterocycles. The fraction of sp³-hybridized carbons (Fsp3) is 0.227. The van der Waals surface area contributed by atoms with Crippen molar-refractivity contribution in [1.82, 2.24) is 0 Å². The smallest absolute Gasteiger partial charge is 0.0256 e. The van der Waals surface area contributed by atoms with Gasteiger partial charge in [0.1, 0.15) is 0 Å². The zero-order valence-corrected chi connectivity index (χ0v) is 14.3. The molecule has 1 atom stereocenters. The summed E-state index contributed by atoms with van der Waals surface area (Å²) in [7, 11) is 0. The molecule has 1 aliphatic carbocycles. The normalized spacial score (nSPS) is 17.8. The van der Waals surface area contributed by atoms with Crippen molar-refractivity contribution >= 4 is 11.8 Å². The zero-order valence-electron chi connectivity index (χ0n) is 14.3. The summed E-state index contributed by atoms with van der Waals surface area (Å²) in [6, 6.07) is 16.8. The Morgan fingerprint density at radius 1 is 0.783 bits per heavy atom. The SMILES string of the molecule is CC1=C(C)C(C)C(c2ccccc2-c2ccccc2C=N)=C1C. The Hall–Kier alpha value is -2.41. The van der Waals surface area contributed by atoms with Crippen LogP contribution < -0.4 is 0 Å². The largest absolute Gasteiger partial charge is 0.308 e. The molecule has 2 aromatic carbocycles. The molecule has 0 heterocycles. The molecule has 23 heavy (non-hydrogen) atoms. The maximum absolute atomic E-state index is 7.71. The summed E-state index contributed by atoms with van der Waals surface area (Å²) in [5.74, 6) is 0.447. The molecule has 0 fully saturated rings. The Bertz CT molecular complexity index is 837. The molecular weight excluding hydrogens is 278 g/mol. The third-order valence-corrected chi connectivity index (χ3v) is 5.26. The summed E-state index contributed by atoms with van der Waals surface area (Å²) in [6.07, 6.45) is 1.44. The van der Waals surface area contributed by atoms with E-state index in [0.717, 1.165) is 11.1 Å². The number of nitrogens with one attached hydrogen (secondary N) is 1. The van der Waals surface area contributed by atoms with Crippen molar-refractivity contribution in [2.45, 2.75) is 27.7 Å². The van der Waals surface area contributed by atoms with E-state index in [2.05, 4.69) is 58.0 Å². The molecule has 1 aliphatic rings. The van der Waals surface area contributed by atoms with Crippen molar-refractivity contribution in [3.8, 4) is 11.1 Å². The fourth-order valence-corrected chi connectivity index (χ4v) is 3.62. The highest BCUT2D eigenvalue weighted by molar-refractivity contribution is 5.94. The van der Waals surface area contributed by atoms with Crippen molar-refractivity contribution in [2.75, 3.05) is 0 Å². The van der Waals surface area contributed by atoms with Crippen LogP contribution in [-0.4, -0.2) is 6.21 Å². The van der Waals surface area contributed by atoms with E-state index < -0.39 is 0 Å². The van der Waals surface area contributed by atoms with Crippen LogP contribution in [0.2, 0.25) is 0 Å². The third-order valence-electron chi connectivity index (χ3n) is 5.26. The maximum atomic E-state index is 7.71. The number of benzene rings is 2. The summed E-state index contributed by atoms with van der Waals surface area (Å²) < 4.78 is 0. The first-order valence-electron chi connectivity index (χ1n) is 8.14. The highest BCUT2D eigenvalue weighted by Gasteiger charge is 2.26. The lowest BCUT2D eigenvalue weighted by molar-refractivity contribution is 0.895. The Morgan fingerprint density at radius 2 is 1.35 bits per heavy atom. The average molecular weight is 301 g/mol. The Kier molecular flexibility index (Phi) is 4.04. The molecule has 0 spiro atoms. The second kappa shape index (κ2) is 6.00. The van der Waals surface area contributed by atoms with Gasteiger partial charge < -0.3 is 5.41 Å². The molecule has 0 amide bonds. The van der Waals surface area contributed by atoms with E-state index in [4.69, 9.17) is 5.41 Å². The van der Waals surface area contributed by atoms with Crippen LogP contribution in [0, 0.1) is 11.3 Å². The molecule has 2 aromatic rings. The molecule has 1 nitrogen and oxygen atoms in total. The van der Waals surface area contributed by atoms with Crippen LogP contribution in [0.5, 0.6) is 0 Å². The van der Waals surface area contributed by atoms with Gasteiger partial charge in [-0.25, -0.2) is 0 Å². The Labute approximate surface area is 138 Å². The first kappa shape index (κ1) is 15.5. The van der Waals surface area contributed by atoms with Gasteiger partial charge in [-0.2, -0.15) is 0 Å². The van der Waals surface area contributed by atoms with E-state index in [-0.39, 0.29) is 0 Å². The second-order valence-electron chi connectivity index (χ2n) is 6.35. The van der Waals surface area contributed by atoms with Gasteiger partial charge in [0.2, 0.25) is 0 Å². The van der Waals surface area contributed by atoms with Gasteiger partial charge in [0.15, 0.2) is 0 Å². The van der Waals surface area contributed by atoms with Crippen LogP contribution in [0.1, 0.15) is 38.8 Å². The van der Waals surface area contributed by atoms with E-state index in [1.165, 1.54) is 39.6 Å². The summed E-state index contributed by atoms with van der Waals surface area (Å²) in [6.45, 7) is 8.99. The summed E-state index contributed by atoms with van der Waals surface area (Å²) in [5.41, 5.74) is 10.3. The molecule has 1 unspecified atom stereocenters. The van der Waals surface area contributed by atoms with Crippen molar-refractivity contribution in [3.63, 3.8) is 0 Å². The van der Waals surface area contributed by atoms with Crippen molar-refractivity contribution in [2.24, 2.45) is 5.92 Å². The molecule has 0 saturated heterocycles. The van der Waals surface area contributed by atoms with E-state index in [0.29, 0.717) is 5.92 Å². The molecule has 0 radical (unpaired) electrons. The van der Waals surface area contributed by atoms with Gasteiger partial charge in [-0.05, 0) is 59.7 Å². The van der Waals surface area contributed by atoms with E-state index in [9.17, 15) is 0 Å². The van der Waals surface area contributed by atoms with E-state index >= 15 is 0 Å². The number of rotatable bonds is 3. The van der Waals surface area contributed by atoms with Gasteiger partial charge in [-0.15, -0.1) is 0 Å². The van der Waals surface area contributed by atoms with Crippen molar-refractivity contribution in [1.29, 1.82) is 5.41 Å². The lowest BCUT2D eigenvalue weighted by Gasteiger charge is -2.18. The first-order chi connectivity index (χ1) is 11.1. The van der Waals surface area contributed by atoms with Crippen LogP contribution in [0.15, 0.2) is 65.3 Å². The van der Waals surface area contributed by atoms with Gasteiger partial charge in [0.05, 0.1) is 0 Å². The van der Waals surface area contributed by atoms with Crippen LogP contribution in [0.3, 0.4) is 0 Å².